The number of carbonyl (C=O) groups is 2. The molecular formula is C12H15F2N3O3. The van der Waals surface area contributed by atoms with E-state index in [0.717, 1.165) is 0 Å². The molecule has 8 heteroatoms. The molecule has 0 radical (unpaired) electrons. The number of amides is 3. The molecule has 0 aliphatic rings. The summed E-state index contributed by atoms with van der Waals surface area (Å²) in [6.45, 7) is -3.09. The Kier molecular flexibility index (Phi) is 5.70. The van der Waals surface area contributed by atoms with Crippen LogP contribution in [-0.4, -0.2) is 44.1 Å². The molecule has 1 aromatic rings. The van der Waals surface area contributed by atoms with E-state index >= 15 is 0 Å². The first-order valence-corrected chi connectivity index (χ1v) is 5.68. The first kappa shape index (κ1) is 15.7. The maximum atomic E-state index is 12.0. The van der Waals surface area contributed by atoms with Crippen molar-refractivity contribution >= 4 is 17.6 Å². The Hall–Kier alpha value is -2.38. The monoisotopic (exact) mass is 287 g/mol. The first-order chi connectivity index (χ1) is 9.38. The predicted octanol–water partition coefficient (Wildman–Crippen LogP) is 1.50. The molecule has 2 N–H and O–H groups in total. The quantitative estimate of drug-likeness (QED) is 0.862. The minimum absolute atomic E-state index is 0.0674. The van der Waals surface area contributed by atoms with E-state index < -0.39 is 12.6 Å². The number of alkyl halides is 2. The molecule has 0 saturated heterocycles. The highest BCUT2D eigenvalue weighted by Crippen LogP contribution is 2.19. The molecule has 0 aliphatic carbocycles. The fraction of sp³-hybridized carbons (Fsp3) is 0.333. The summed E-state index contributed by atoms with van der Waals surface area (Å²) in [6.07, 6.45) is 0. The van der Waals surface area contributed by atoms with E-state index in [1.807, 2.05) is 0 Å². The molecule has 0 saturated carbocycles. The van der Waals surface area contributed by atoms with Crippen LogP contribution in [0.1, 0.15) is 0 Å². The van der Waals surface area contributed by atoms with Crippen LogP contribution in [0.25, 0.3) is 0 Å². The number of rotatable bonds is 5. The van der Waals surface area contributed by atoms with Gasteiger partial charge in [0, 0.05) is 25.8 Å². The zero-order chi connectivity index (χ0) is 15.1. The van der Waals surface area contributed by atoms with Crippen molar-refractivity contribution in [3.63, 3.8) is 0 Å². The molecule has 0 aliphatic heterocycles. The van der Waals surface area contributed by atoms with Gasteiger partial charge in [0.25, 0.3) is 0 Å². The van der Waals surface area contributed by atoms with Crippen LogP contribution in [0.5, 0.6) is 5.75 Å². The molecule has 20 heavy (non-hydrogen) atoms. The zero-order valence-corrected chi connectivity index (χ0v) is 11.0. The lowest BCUT2D eigenvalue weighted by atomic mass is 10.3. The number of anilines is 1. The lowest BCUT2D eigenvalue weighted by Crippen LogP contribution is -2.38. The summed E-state index contributed by atoms with van der Waals surface area (Å²) in [7, 11) is 3.13. The minimum Gasteiger partial charge on any atom is -0.435 e. The van der Waals surface area contributed by atoms with Crippen LogP contribution >= 0.6 is 0 Å². The maximum absolute atomic E-state index is 12.0. The van der Waals surface area contributed by atoms with Crippen molar-refractivity contribution in [1.82, 2.24) is 10.2 Å². The van der Waals surface area contributed by atoms with Gasteiger partial charge >= 0.3 is 12.6 Å². The topological polar surface area (TPSA) is 70.7 Å². The standard InChI is InChI=1S/C12H15F2N3O3/c1-17(2)10(18)7-15-12(19)16-8-4-3-5-9(6-8)20-11(13)14/h3-6,11H,7H2,1-2H3,(H2,15,16,19). The fourth-order valence-corrected chi connectivity index (χ4v) is 1.24. The Balaban J connectivity index is 2.51. The normalized spacial score (nSPS) is 10.1. The van der Waals surface area contributed by atoms with E-state index in [1.54, 1.807) is 14.1 Å². The first-order valence-electron chi connectivity index (χ1n) is 5.68. The highest BCUT2D eigenvalue weighted by atomic mass is 19.3. The molecule has 6 nitrogen and oxygen atoms in total. The van der Waals surface area contributed by atoms with Crippen LogP contribution in [0.4, 0.5) is 19.3 Å². The average Bonchev–Trinajstić information content (AvgIpc) is 2.35. The Bertz CT molecular complexity index is 481. The number of nitrogens with one attached hydrogen (secondary N) is 2. The number of carbonyl (C=O) groups excluding carboxylic acids is 2. The highest BCUT2D eigenvalue weighted by Gasteiger charge is 2.08. The molecular weight excluding hydrogens is 272 g/mol. The van der Waals surface area contributed by atoms with E-state index in [2.05, 4.69) is 15.4 Å². The van der Waals surface area contributed by atoms with Crippen LogP contribution in [0.15, 0.2) is 24.3 Å². The maximum Gasteiger partial charge on any atom is 0.387 e. The van der Waals surface area contributed by atoms with Gasteiger partial charge in [0.15, 0.2) is 0 Å². The summed E-state index contributed by atoms with van der Waals surface area (Å²) in [4.78, 5) is 24.1. The van der Waals surface area contributed by atoms with Gasteiger partial charge in [-0.15, -0.1) is 0 Å². The minimum atomic E-state index is -2.93. The molecule has 3 amide bonds. The van der Waals surface area contributed by atoms with Gasteiger partial charge in [0.1, 0.15) is 5.75 Å². The number of hydrogen-bond donors (Lipinski definition) is 2. The smallest absolute Gasteiger partial charge is 0.387 e. The molecule has 110 valence electrons. The largest absolute Gasteiger partial charge is 0.435 e. The average molecular weight is 287 g/mol. The number of urea groups is 1. The Morgan fingerprint density at radius 3 is 2.65 bits per heavy atom. The number of halogens is 2. The summed E-state index contributed by atoms with van der Waals surface area (Å²) in [6, 6.07) is 4.93. The van der Waals surface area contributed by atoms with Crippen molar-refractivity contribution in [3.8, 4) is 5.75 Å². The van der Waals surface area contributed by atoms with Crippen LogP contribution in [0.2, 0.25) is 0 Å². The second-order valence-corrected chi connectivity index (χ2v) is 4.00. The van der Waals surface area contributed by atoms with Gasteiger partial charge < -0.3 is 20.3 Å². The van der Waals surface area contributed by atoms with Crippen molar-refractivity contribution in [2.45, 2.75) is 6.61 Å². The molecule has 0 spiro atoms. The zero-order valence-electron chi connectivity index (χ0n) is 11.0. The third-order valence-electron chi connectivity index (χ3n) is 2.22. The molecule has 1 rings (SSSR count). The molecule has 0 aromatic heterocycles. The van der Waals surface area contributed by atoms with Crippen molar-refractivity contribution in [1.29, 1.82) is 0 Å². The van der Waals surface area contributed by atoms with Gasteiger partial charge in [0.05, 0.1) is 6.54 Å². The third-order valence-corrected chi connectivity index (χ3v) is 2.22. The van der Waals surface area contributed by atoms with Gasteiger partial charge in [-0.2, -0.15) is 8.78 Å². The lowest BCUT2D eigenvalue weighted by molar-refractivity contribution is -0.127. The van der Waals surface area contributed by atoms with Gasteiger partial charge in [0.2, 0.25) is 5.91 Å². The van der Waals surface area contributed by atoms with Crippen LogP contribution < -0.4 is 15.4 Å². The van der Waals surface area contributed by atoms with E-state index in [1.165, 1.54) is 29.2 Å². The van der Waals surface area contributed by atoms with Gasteiger partial charge in [-0.1, -0.05) is 6.07 Å². The van der Waals surface area contributed by atoms with Gasteiger partial charge in [-0.25, -0.2) is 4.79 Å². The number of ether oxygens (including phenoxy) is 1. The molecule has 0 atom stereocenters. The molecule has 0 fully saturated rings. The molecule has 0 heterocycles. The molecule has 1 aromatic carbocycles. The Labute approximate surface area is 114 Å². The van der Waals surface area contributed by atoms with E-state index in [0.29, 0.717) is 0 Å². The summed E-state index contributed by atoms with van der Waals surface area (Å²) in [5, 5.41) is 4.75. The van der Waals surface area contributed by atoms with E-state index in [4.69, 9.17) is 0 Å². The van der Waals surface area contributed by atoms with E-state index in [9.17, 15) is 18.4 Å². The summed E-state index contributed by atoms with van der Waals surface area (Å²) in [5.74, 6) is -0.336. The van der Waals surface area contributed by atoms with Crippen molar-refractivity contribution in [3.05, 3.63) is 24.3 Å². The highest BCUT2D eigenvalue weighted by molar-refractivity contribution is 5.92. The van der Waals surface area contributed by atoms with Crippen LogP contribution in [0.3, 0.4) is 0 Å². The molecule has 0 unspecified atom stereocenters. The molecule has 0 bridgehead atoms. The summed E-state index contributed by atoms with van der Waals surface area (Å²) < 4.78 is 28.3. The van der Waals surface area contributed by atoms with Crippen LogP contribution in [0, 0.1) is 0 Å². The fourth-order valence-electron chi connectivity index (χ4n) is 1.24. The van der Waals surface area contributed by atoms with E-state index in [-0.39, 0.29) is 23.9 Å². The summed E-state index contributed by atoms with van der Waals surface area (Å²) >= 11 is 0. The van der Waals surface area contributed by atoms with Crippen LogP contribution in [-0.2, 0) is 4.79 Å². The summed E-state index contributed by atoms with van der Waals surface area (Å²) in [5.41, 5.74) is 0.276. The number of nitrogens with zero attached hydrogens (tertiary/aromatic N) is 1. The van der Waals surface area contributed by atoms with Gasteiger partial charge in [-0.05, 0) is 12.1 Å². The second kappa shape index (κ2) is 7.27. The lowest BCUT2D eigenvalue weighted by Gasteiger charge is -2.12. The SMILES string of the molecule is CN(C)C(=O)CNC(=O)Nc1cccc(OC(F)F)c1. The Morgan fingerprint density at radius 1 is 1.35 bits per heavy atom. The third kappa shape index (κ3) is 5.51. The number of benzene rings is 1. The second-order valence-electron chi connectivity index (χ2n) is 4.00. The van der Waals surface area contributed by atoms with Crippen molar-refractivity contribution in [2.75, 3.05) is 26.0 Å². The Morgan fingerprint density at radius 2 is 2.05 bits per heavy atom. The predicted molar refractivity (Wildman–Crippen MR) is 68.8 cm³/mol. The van der Waals surface area contributed by atoms with Gasteiger partial charge in [-0.3, -0.25) is 4.79 Å². The van der Waals surface area contributed by atoms with Crippen molar-refractivity contribution < 1.29 is 23.1 Å². The number of hydrogen-bond acceptors (Lipinski definition) is 3. The van der Waals surface area contributed by atoms with Crippen molar-refractivity contribution in [2.24, 2.45) is 0 Å². The number of likely N-dealkylation sites (N-methyl/N-ethyl adjacent to an activating group) is 1.